The van der Waals surface area contributed by atoms with Crippen LogP contribution in [-0.4, -0.2) is 32.0 Å². The number of hydrogen-bond donors (Lipinski definition) is 2. The van der Waals surface area contributed by atoms with E-state index in [9.17, 15) is 0 Å². The normalized spacial score (nSPS) is 19.9. The molecule has 0 aromatic rings. The lowest BCUT2D eigenvalue weighted by atomic mass is 9.83. The quantitative estimate of drug-likeness (QED) is 0.348. The highest BCUT2D eigenvalue weighted by Crippen LogP contribution is 2.30. The molecular formula is C16H34N2O2. The molecule has 20 heavy (non-hydrogen) atoms. The number of methoxy groups -OCH3 is 1. The fourth-order valence-corrected chi connectivity index (χ4v) is 3.22. The van der Waals surface area contributed by atoms with Gasteiger partial charge in [0, 0.05) is 33.2 Å². The van der Waals surface area contributed by atoms with Crippen molar-refractivity contribution in [1.82, 2.24) is 5.43 Å². The van der Waals surface area contributed by atoms with Crippen molar-refractivity contribution in [2.75, 3.05) is 20.3 Å². The van der Waals surface area contributed by atoms with Gasteiger partial charge in [-0.2, -0.15) is 0 Å². The third-order valence-electron chi connectivity index (χ3n) is 4.68. The summed E-state index contributed by atoms with van der Waals surface area (Å²) in [7, 11) is 1.81. The number of nitrogens with one attached hydrogen (secondary N) is 1. The maximum Gasteiger partial charge on any atom is 0.0888 e. The molecule has 0 saturated carbocycles. The van der Waals surface area contributed by atoms with Gasteiger partial charge in [0.2, 0.25) is 0 Å². The minimum absolute atomic E-state index is 0.130. The lowest BCUT2D eigenvalue weighted by molar-refractivity contribution is -0.112. The Labute approximate surface area is 124 Å². The zero-order valence-electron chi connectivity index (χ0n) is 13.5. The van der Waals surface area contributed by atoms with Gasteiger partial charge in [-0.15, -0.1) is 0 Å². The van der Waals surface area contributed by atoms with Crippen molar-refractivity contribution in [3.8, 4) is 0 Å². The summed E-state index contributed by atoms with van der Waals surface area (Å²) >= 11 is 0. The number of rotatable bonds is 11. The Morgan fingerprint density at radius 1 is 1.10 bits per heavy atom. The third kappa shape index (κ3) is 5.68. The number of hydrogen-bond acceptors (Lipinski definition) is 4. The minimum atomic E-state index is -0.130. The maximum absolute atomic E-state index is 5.82. The van der Waals surface area contributed by atoms with Crippen molar-refractivity contribution < 1.29 is 9.47 Å². The first-order valence-corrected chi connectivity index (χ1v) is 8.38. The Morgan fingerprint density at radius 2 is 1.70 bits per heavy atom. The number of ether oxygens (including phenoxy) is 2. The first-order chi connectivity index (χ1) is 9.79. The number of nitrogens with two attached hydrogens (primary N) is 1. The van der Waals surface area contributed by atoms with Crippen molar-refractivity contribution in [3.63, 3.8) is 0 Å². The molecule has 3 N–H and O–H groups in total. The molecule has 1 rings (SSSR count). The molecule has 1 saturated heterocycles. The van der Waals surface area contributed by atoms with Crippen LogP contribution in [0.25, 0.3) is 0 Å². The third-order valence-corrected chi connectivity index (χ3v) is 4.68. The van der Waals surface area contributed by atoms with Gasteiger partial charge in [-0.3, -0.25) is 11.3 Å². The van der Waals surface area contributed by atoms with Gasteiger partial charge in [0.25, 0.3) is 0 Å². The van der Waals surface area contributed by atoms with Gasteiger partial charge in [0.15, 0.2) is 0 Å². The van der Waals surface area contributed by atoms with Crippen LogP contribution in [0, 0.1) is 0 Å². The Kier molecular flexibility index (Phi) is 9.44. The van der Waals surface area contributed by atoms with Crippen molar-refractivity contribution in [2.24, 2.45) is 5.84 Å². The van der Waals surface area contributed by atoms with E-state index in [4.69, 9.17) is 15.3 Å². The molecule has 1 aliphatic rings. The number of unbranched alkanes of at least 4 members (excludes halogenated alkanes) is 6. The second kappa shape index (κ2) is 10.6. The average Bonchev–Trinajstić information content (AvgIpc) is 2.51. The van der Waals surface area contributed by atoms with Crippen LogP contribution in [0.15, 0.2) is 0 Å². The van der Waals surface area contributed by atoms with Crippen molar-refractivity contribution in [3.05, 3.63) is 0 Å². The van der Waals surface area contributed by atoms with Gasteiger partial charge < -0.3 is 9.47 Å². The molecule has 120 valence electrons. The number of hydrazine groups is 1. The Bertz CT molecular complexity index is 231. The summed E-state index contributed by atoms with van der Waals surface area (Å²) in [4.78, 5) is 0. The SMILES string of the molecule is CCCCCCCCCC(NN)C1(OC)CCOCC1. The van der Waals surface area contributed by atoms with Crippen LogP contribution < -0.4 is 11.3 Å². The molecular weight excluding hydrogens is 252 g/mol. The predicted octanol–water partition coefficient (Wildman–Crippen LogP) is 3.15. The smallest absolute Gasteiger partial charge is 0.0888 e. The second-order valence-corrected chi connectivity index (χ2v) is 6.01. The van der Waals surface area contributed by atoms with Crippen LogP contribution in [0.3, 0.4) is 0 Å². The summed E-state index contributed by atoms with van der Waals surface area (Å²) in [6.45, 7) is 3.82. The fourth-order valence-electron chi connectivity index (χ4n) is 3.22. The van der Waals surface area contributed by atoms with Crippen LogP contribution in [0.4, 0.5) is 0 Å². The van der Waals surface area contributed by atoms with Gasteiger partial charge in [0.05, 0.1) is 11.6 Å². The van der Waals surface area contributed by atoms with Crippen LogP contribution in [0.5, 0.6) is 0 Å². The van der Waals surface area contributed by atoms with Crippen LogP contribution in [-0.2, 0) is 9.47 Å². The van der Waals surface area contributed by atoms with E-state index in [1.165, 1.54) is 44.9 Å². The zero-order valence-corrected chi connectivity index (χ0v) is 13.5. The highest BCUT2D eigenvalue weighted by atomic mass is 16.5. The summed E-state index contributed by atoms with van der Waals surface area (Å²) in [5.74, 6) is 5.77. The molecule has 0 amide bonds. The van der Waals surface area contributed by atoms with Crippen molar-refractivity contribution in [1.29, 1.82) is 0 Å². The molecule has 1 heterocycles. The van der Waals surface area contributed by atoms with E-state index in [-0.39, 0.29) is 11.6 Å². The molecule has 4 heteroatoms. The Hall–Kier alpha value is -0.160. The monoisotopic (exact) mass is 286 g/mol. The maximum atomic E-state index is 5.82. The first-order valence-electron chi connectivity index (χ1n) is 8.38. The van der Waals surface area contributed by atoms with E-state index >= 15 is 0 Å². The summed E-state index contributed by atoms with van der Waals surface area (Å²) < 4.78 is 11.3. The van der Waals surface area contributed by atoms with Gasteiger partial charge in [-0.1, -0.05) is 51.9 Å². The van der Waals surface area contributed by atoms with Gasteiger partial charge in [-0.05, 0) is 6.42 Å². The van der Waals surface area contributed by atoms with Crippen LogP contribution in [0.2, 0.25) is 0 Å². The molecule has 1 fully saturated rings. The van der Waals surface area contributed by atoms with E-state index in [0.717, 1.165) is 32.5 Å². The fraction of sp³-hybridized carbons (Fsp3) is 1.00. The molecule has 0 bridgehead atoms. The summed E-state index contributed by atoms with van der Waals surface area (Å²) in [5, 5.41) is 0. The molecule has 1 unspecified atom stereocenters. The molecule has 0 radical (unpaired) electrons. The molecule has 1 atom stereocenters. The molecule has 0 aromatic heterocycles. The van der Waals surface area contributed by atoms with E-state index in [1.807, 2.05) is 0 Å². The Balaban J connectivity index is 2.24. The molecule has 1 aliphatic heterocycles. The van der Waals surface area contributed by atoms with Crippen LogP contribution in [0.1, 0.15) is 71.1 Å². The van der Waals surface area contributed by atoms with Crippen molar-refractivity contribution in [2.45, 2.75) is 82.8 Å². The minimum Gasteiger partial charge on any atom is -0.381 e. The predicted molar refractivity (Wildman–Crippen MR) is 83.5 cm³/mol. The standard InChI is InChI=1S/C16H34N2O2/c1-3-4-5-6-7-8-9-10-15(18-17)16(19-2)11-13-20-14-12-16/h15,18H,3-14,17H2,1-2H3. The highest BCUT2D eigenvalue weighted by molar-refractivity contribution is 4.93. The van der Waals surface area contributed by atoms with Crippen LogP contribution >= 0.6 is 0 Å². The second-order valence-electron chi connectivity index (χ2n) is 6.01. The lowest BCUT2D eigenvalue weighted by Gasteiger charge is -2.42. The average molecular weight is 286 g/mol. The topological polar surface area (TPSA) is 56.5 Å². The molecule has 0 spiro atoms. The Morgan fingerprint density at radius 3 is 2.25 bits per heavy atom. The van der Waals surface area contributed by atoms with E-state index in [1.54, 1.807) is 7.11 Å². The molecule has 4 nitrogen and oxygen atoms in total. The first kappa shape index (κ1) is 17.9. The van der Waals surface area contributed by atoms with E-state index in [2.05, 4.69) is 12.3 Å². The lowest BCUT2D eigenvalue weighted by Crippen LogP contribution is -2.57. The summed E-state index contributed by atoms with van der Waals surface area (Å²) in [5.41, 5.74) is 2.86. The highest BCUT2D eigenvalue weighted by Gasteiger charge is 2.39. The zero-order chi connectivity index (χ0) is 14.7. The van der Waals surface area contributed by atoms with E-state index in [0.29, 0.717) is 0 Å². The molecule has 0 aliphatic carbocycles. The summed E-state index contributed by atoms with van der Waals surface area (Å²) in [6.07, 6.45) is 12.3. The van der Waals surface area contributed by atoms with Gasteiger partial charge in [-0.25, -0.2) is 0 Å². The van der Waals surface area contributed by atoms with Gasteiger partial charge >= 0.3 is 0 Å². The largest absolute Gasteiger partial charge is 0.381 e. The van der Waals surface area contributed by atoms with Crippen molar-refractivity contribution >= 4 is 0 Å². The summed E-state index contributed by atoms with van der Waals surface area (Å²) in [6, 6.07) is 0.243. The van der Waals surface area contributed by atoms with Gasteiger partial charge in [0.1, 0.15) is 0 Å². The molecule has 0 aromatic carbocycles. The van der Waals surface area contributed by atoms with E-state index < -0.39 is 0 Å².